The molecule has 0 aliphatic rings. The number of hydrogen-bond donors (Lipinski definition) is 0. The molecule has 0 N–H and O–H groups in total. The van der Waals surface area contributed by atoms with E-state index in [-0.39, 0.29) is 0 Å². The number of benzene rings is 1. The first-order chi connectivity index (χ1) is 8.02. The van der Waals surface area contributed by atoms with Crippen molar-refractivity contribution in [3.8, 4) is 0 Å². The zero-order valence-corrected chi connectivity index (χ0v) is 9.46. The van der Waals surface area contributed by atoms with Crippen LogP contribution in [-0.4, -0.2) is 9.55 Å². The molecule has 0 radical (unpaired) electrons. The van der Waals surface area contributed by atoms with Gasteiger partial charge in [0.15, 0.2) is 0 Å². The van der Waals surface area contributed by atoms with Gasteiger partial charge >= 0.3 is 6.18 Å². The molecule has 0 spiro atoms. The summed E-state index contributed by atoms with van der Waals surface area (Å²) in [6, 6.07) is 3.69. The molecular formula is C12H13F3N2. The monoisotopic (exact) mass is 242 g/mol. The average Bonchev–Trinajstić information content (AvgIpc) is 2.67. The molecule has 1 aromatic heterocycles. The molecule has 0 saturated heterocycles. The van der Waals surface area contributed by atoms with Crippen LogP contribution in [0.25, 0.3) is 11.0 Å². The third kappa shape index (κ3) is 2.43. The molecule has 5 heteroatoms. The molecule has 0 fully saturated rings. The van der Waals surface area contributed by atoms with Gasteiger partial charge in [0, 0.05) is 6.54 Å². The van der Waals surface area contributed by atoms with Crippen molar-refractivity contribution >= 4 is 11.0 Å². The van der Waals surface area contributed by atoms with Gasteiger partial charge in [0.2, 0.25) is 0 Å². The van der Waals surface area contributed by atoms with Crippen molar-refractivity contribution in [1.82, 2.24) is 9.55 Å². The van der Waals surface area contributed by atoms with Crippen LogP contribution in [0.1, 0.15) is 25.3 Å². The van der Waals surface area contributed by atoms with Crippen LogP contribution in [0.15, 0.2) is 24.5 Å². The van der Waals surface area contributed by atoms with E-state index in [9.17, 15) is 13.2 Å². The van der Waals surface area contributed by atoms with Gasteiger partial charge in [-0.2, -0.15) is 13.2 Å². The Labute approximate surface area is 97.1 Å². The number of hydrogen-bond acceptors (Lipinski definition) is 1. The normalized spacial score (nSPS) is 12.2. The molecule has 2 nitrogen and oxygen atoms in total. The Hall–Kier alpha value is -1.52. The highest BCUT2D eigenvalue weighted by Crippen LogP contribution is 2.31. The molecule has 17 heavy (non-hydrogen) atoms. The number of unbranched alkanes of at least 4 members (excludes halogenated alkanes) is 1. The van der Waals surface area contributed by atoms with Crippen molar-refractivity contribution in [3.63, 3.8) is 0 Å². The lowest BCUT2D eigenvalue weighted by molar-refractivity contribution is -0.137. The topological polar surface area (TPSA) is 17.8 Å². The van der Waals surface area contributed by atoms with Gasteiger partial charge in [0.25, 0.3) is 0 Å². The lowest BCUT2D eigenvalue weighted by Crippen LogP contribution is -2.04. The third-order valence-corrected chi connectivity index (χ3v) is 2.70. The number of rotatable bonds is 3. The standard InChI is InChI=1S/C12H13F3N2/c1-2-3-6-17-8-16-10-7-9(12(13,14)15)4-5-11(10)17/h4-5,7-8H,2-3,6H2,1H3. The van der Waals surface area contributed by atoms with Gasteiger partial charge in [0.1, 0.15) is 0 Å². The summed E-state index contributed by atoms with van der Waals surface area (Å²) in [5, 5.41) is 0. The van der Waals surface area contributed by atoms with Gasteiger partial charge in [-0.25, -0.2) is 4.98 Å². The predicted molar refractivity (Wildman–Crippen MR) is 59.6 cm³/mol. The Kier molecular flexibility index (Phi) is 3.09. The first kappa shape index (κ1) is 12.0. The van der Waals surface area contributed by atoms with Gasteiger partial charge in [-0.1, -0.05) is 13.3 Å². The van der Waals surface area contributed by atoms with Crippen molar-refractivity contribution in [3.05, 3.63) is 30.1 Å². The summed E-state index contributed by atoms with van der Waals surface area (Å²) < 4.78 is 39.4. The smallest absolute Gasteiger partial charge is 0.331 e. The molecule has 92 valence electrons. The second-order valence-electron chi connectivity index (χ2n) is 3.99. The minimum atomic E-state index is -4.30. The van der Waals surface area contributed by atoms with E-state index in [0.717, 1.165) is 37.0 Å². The highest BCUT2D eigenvalue weighted by atomic mass is 19.4. The largest absolute Gasteiger partial charge is 0.416 e. The molecule has 2 aromatic rings. The van der Waals surface area contributed by atoms with E-state index in [1.807, 2.05) is 4.57 Å². The molecule has 0 aliphatic heterocycles. The van der Waals surface area contributed by atoms with E-state index in [1.165, 1.54) is 6.07 Å². The van der Waals surface area contributed by atoms with Crippen LogP contribution in [-0.2, 0) is 12.7 Å². The van der Waals surface area contributed by atoms with Gasteiger partial charge in [0.05, 0.1) is 22.9 Å². The zero-order valence-electron chi connectivity index (χ0n) is 9.46. The van der Waals surface area contributed by atoms with E-state index in [0.29, 0.717) is 5.52 Å². The van der Waals surface area contributed by atoms with Crippen molar-refractivity contribution < 1.29 is 13.2 Å². The van der Waals surface area contributed by atoms with Crippen LogP contribution in [0.2, 0.25) is 0 Å². The van der Waals surface area contributed by atoms with Crippen molar-refractivity contribution in [2.45, 2.75) is 32.5 Å². The maximum absolute atomic E-state index is 12.5. The molecule has 0 unspecified atom stereocenters. The van der Waals surface area contributed by atoms with Crippen LogP contribution < -0.4 is 0 Å². The Morgan fingerprint density at radius 2 is 2.06 bits per heavy atom. The molecule has 1 heterocycles. The fourth-order valence-corrected chi connectivity index (χ4v) is 1.75. The van der Waals surface area contributed by atoms with E-state index in [4.69, 9.17) is 0 Å². The van der Waals surface area contributed by atoms with Gasteiger partial charge in [-0.15, -0.1) is 0 Å². The van der Waals surface area contributed by atoms with E-state index >= 15 is 0 Å². The summed E-state index contributed by atoms with van der Waals surface area (Å²) in [4.78, 5) is 4.01. The molecular weight excluding hydrogens is 229 g/mol. The molecule has 1 aromatic carbocycles. The minimum Gasteiger partial charge on any atom is -0.331 e. The molecule has 0 amide bonds. The molecule has 0 atom stereocenters. The van der Waals surface area contributed by atoms with Crippen LogP contribution in [0.4, 0.5) is 13.2 Å². The van der Waals surface area contributed by atoms with Crippen LogP contribution in [0.5, 0.6) is 0 Å². The summed E-state index contributed by atoms with van der Waals surface area (Å²) in [6.45, 7) is 2.86. The first-order valence-corrected chi connectivity index (χ1v) is 5.54. The molecule has 0 bridgehead atoms. The molecule has 0 aliphatic carbocycles. The van der Waals surface area contributed by atoms with E-state index < -0.39 is 11.7 Å². The Morgan fingerprint density at radius 3 is 2.71 bits per heavy atom. The predicted octanol–water partition coefficient (Wildman–Crippen LogP) is 3.86. The van der Waals surface area contributed by atoms with Crippen molar-refractivity contribution in [2.75, 3.05) is 0 Å². The Bertz CT molecular complexity index is 514. The van der Waals surface area contributed by atoms with E-state index in [1.54, 1.807) is 6.33 Å². The third-order valence-electron chi connectivity index (χ3n) is 2.70. The van der Waals surface area contributed by atoms with Crippen LogP contribution >= 0.6 is 0 Å². The number of aryl methyl sites for hydroxylation is 1. The summed E-state index contributed by atoms with van der Waals surface area (Å²) >= 11 is 0. The van der Waals surface area contributed by atoms with Crippen molar-refractivity contribution in [1.29, 1.82) is 0 Å². The molecule has 2 rings (SSSR count). The molecule has 0 saturated carbocycles. The lowest BCUT2D eigenvalue weighted by atomic mass is 10.2. The van der Waals surface area contributed by atoms with Crippen LogP contribution in [0.3, 0.4) is 0 Å². The maximum atomic E-state index is 12.5. The highest BCUT2D eigenvalue weighted by Gasteiger charge is 2.30. The summed E-state index contributed by atoms with van der Waals surface area (Å²) in [5.41, 5.74) is 0.508. The maximum Gasteiger partial charge on any atom is 0.416 e. The van der Waals surface area contributed by atoms with E-state index in [2.05, 4.69) is 11.9 Å². The summed E-state index contributed by atoms with van der Waals surface area (Å²) in [5.74, 6) is 0. The highest BCUT2D eigenvalue weighted by molar-refractivity contribution is 5.76. The number of aromatic nitrogens is 2. The van der Waals surface area contributed by atoms with Crippen molar-refractivity contribution in [2.24, 2.45) is 0 Å². The minimum absolute atomic E-state index is 0.399. The first-order valence-electron chi connectivity index (χ1n) is 5.54. The summed E-state index contributed by atoms with van der Waals surface area (Å²) in [6.07, 6.45) is -0.672. The number of imidazole rings is 1. The number of nitrogens with zero attached hydrogens (tertiary/aromatic N) is 2. The fourth-order valence-electron chi connectivity index (χ4n) is 1.75. The van der Waals surface area contributed by atoms with Gasteiger partial charge in [-0.05, 0) is 24.6 Å². The Balaban J connectivity index is 2.38. The summed E-state index contributed by atoms with van der Waals surface area (Å²) in [7, 11) is 0. The van der Waals surface area contributed by atoms with Crippen LogP contribution in [0, 0.1) is 0 Å². The fraction of sp³-hybridized carbons (Fsp3) is 0.417. The zero-order chi connectivity index (χ0) is 12.5. The lowest BCUT2D eigenvalue weighted by Gasteiger charge is -2.07. The number of halogens is 3. The Morgan fingerprint density at radius 1 is 1.29 bits per heavy atom. The second-order valence-corrected chi connectivity index (χ2v) is 3.99. The van der Waals surface area contributed by atoms with Gasteiger partial charge < -0.3 is 4.57 Å². The number of alkyl halides is 3. The second kappa shape index (κ2) is 4.39. The number of fused-ring (bicyclic) bond motifs is 1. The van der Waals surface area contributed by atoms with Gasteiger partial charge in [-0.3, -0.25) is 0 Å². The SMILES string of the molecule is CCCCn1cnc2cc(C(F)(F)F)ccc21. The average molecular weight is 242 g/mol. The quantitative estimate of drug-likeness (QED) is 0.799.